The van der Waals surface area contributed by atoms with E-state index in [4.69, 9.17) is 4.74 Å². The van der Waals surface area contributed by atoms with Gasteiger partial charge >= 0.3 is 0 Å². The first-order chi connectivity index (χ1) is 9.52. The smallest absolute Gasteiger partial charge is 0.178 e. The van der Waals surface area contributed by atoms with Crippen molar-refractivity contribution in [2.24, 2.45) is 7.05 Å². The lowest BCUT2D eigenvalue weighted by Gasteiger charge is -2.02. The minimum absolute atomic E-state index is 0.0159. The van der Waals surface area contributed by atoms with Gasteiger partial charge in [0.1, 0.15) is 17.1 Å². The molecule has 0 radical (unpaired) electrons. The highest BCUT2D eigenvalue weighted by atomic mass is 16.5. The summed E-state index contributed by atoms with van der Waals surface area (Å²) in [6.07, 6.45) is 0. The Labute approximate surface area is 117 Å². The standard InChI is InChI=1S/C16H16N2O2/c1-9-7-13(10(2)19)17-16-15(9)12-8-11(20-4)5-6-14(12)18(16)3/h5-8H,1-4H3. The van der Waals surface area contributed by atoms with Crippen LogP contribution in [0.25, 0.3) is 21.9 Å². The number of pyridine rings is 1. The van der Waals surface area contributed by atoms with Crippen molar-refractivity contribution in [3.63, 3.8) is 0 Å². The molecule has 20 heavy (non-hydrogen) atoms. The number of Topliss-reactive ketones (excluding diaryl/α,β-unsaturated/α-hetero) is 1. The van der Waals surface area contributed by atoms with E-state index in [0.29, 0.717) is 5.69 Å². The number of aromatic nitrogens is 2. The third kappa shape index (κ3) is 1.68. The summed E-state index contributed by atoms with van der Waals surface area (Å²) in [5.41, 5.74) is 3.47. The van der Waals surface area contributed by atoms with E-state index in [-0.39, 0.29) is 5.78 Å². The van der Waals surface area contributed by atoms with E-state index in [2.05, 4.69) is 4.98 Å². The number of rotatable bonds is 2. The van der Waals surface area contributed by atoms with E-state index in [9.17, 15) is 4.79 Å². The molecule has 4 nitrogen and oxygen atoms in total. The van der Waals surface area contributed by atoms with E-state index >= 15 is 0 Å². The van der Waals surface area contributed by atoms with Crippen LogP contribution in [-0.4, -0.2) is 22.4 Å². The summed E-state index contributed by atoms with van der Waals surface area (Å²) in [6.45, 7) is 3.55. The zero-order valence-electron chi connectivity index (χ0n) is 12.0. The SMILES string of the molecule is COc1ccc2c(c1)c1c(C)cc(C(C)=O)nc1n2C. The highest BCUT2D eigenvalue weighted by Gasteiger charge is 2.15. The second-order valence-electron chi connectivity index (χ2n) is 5.02. The molecule has 0 aliphatic carbocycles. The van der Waals surface area contributed by atoms with Crippen LogP contribution in [0, 0.1) is 6.92 Å². The molecular weight excluding hydrogens is 252 g/mol. The maximum atomic E-state index is 11.6. The van der Waals surface area contributed by atoms with E-state index in [1.54, 1.807) is 14.0 Å². The Morgan fingerprint density at radius 2 is 2.05 bits per heavy atom. The van der Waals surface area contributed by atoms with Gasteiger partial charge in [-0.2, -0.15) is 0 Å². The summed E-state index contributed by atoms with van der Waals surface area (Å²) in [5.74, 6) is 0.804. The van der Waals surface area contributed by atoms with Crippen LogP contribution in [0.4, 0.5) is 0 Å². The van der Waals surface area contributed by atoms with Gasteiger partial charge in [-0.25, -0.2) is 4.98 Å². The van der Waals surface area contributed by atoms with Crippen molar-refractivity contribution >= 4 is 27.7 Å². The maximum Gasteiger partial charge on any atom is 0.178 e. The number of carbonyl (C=O) groups excluding carboxylic acids is 1. The summed E-state index contributed by atoms with van der Waals surface area (Å²) in [5, 5.41) is 2.17. The lowest BCUT2D eigenvalue weighted by Crippen LogP contribution is -2.00. The fraction of sp³-hybridized carbons (Fsp3) is 0.250. The number of nitrogens with zero attached hydrogens (tertiary/aromatic N) is 2. The summed E-state index contributed by atoms with van der Waals surface area (Å²) >= 11 is 0. The lowest BCUT2D eigenvalue weighted by molar-refractivity contribution is 0.101. The third-order valence-electron chi connectivity index (χ3n) is 3.71. The molecule has 2 heterocycles. The molecule has 0 bridgehead atoms. The van der Waals surface area contributed by atoms with Gasteiger partial charge < -0.3 is 9.30 Å². The average molecular weight is 268 g/mol. The van der Waals surface area contributed by atoms with Gasteiger partial charge in [-0.15, -0.1) is 0 Å². The Kier molecular flexibility index (Phi) is 2.74. The Balaban J connectivity index is 2.49. The molecule has 0 aliphatic heterocycles. The number of benzene rings is 1. The molecule has 0 aliphatic rings. The molecule has 0 amide bonds. The molecule has 0 spiro atoms. The Morgan fingerprint density at radius 3 is 2.70 bits per heavy atom. The fourth-order valence-electron chi connectivity index (χ4n) is 2.66. The van der Waals surface area contributed by atoms with Crippen LogP contribution in [0.5, 0.6) is 5.75 Å². The van der Waals surface area contributed by atoms with E-state index in [0.717, 1.165) is 33.2 Å². The van der Waals surface area contributed by atoms with Gasteiger partial charge in [0.15, 0.2) is 5.78 Å². The molecule has 1 aromatic carbocycles. The number of ketones is 1. The van der Waals surface area contributed by atoms with E-state index in [1.807, 2.05) is 42.8 Å². The largest absolute Gasteiger partial charge is 0.497 e. The molecule has 0 N–H and O–H groups in total. The highest BCUT2D eigenvalue weighted by Crippen LogP contribution is 2.32. The van der Waals surface area contributed by atoms with Crippen LogP contribution in [0.2, 0.25) is 0 Å². The fourth-order valence-corrected chi connectivity index (χ4v) is 2.66. The van der Waals surface area contributed by atoms with E-state index < -0.39 is 0 Å². The zero-order chi connectivity index (χ0) is 14.4. The Morgan fingerprint density at radius 1 is 1.30 bits per heavy atom. The van der Waals surface area contributed by atoms with Crippen LogP contribution in [0.1, 0.15) is 23.0 Å². The molecule has 4 heteroatoms. The quantitative estimate of drug-likeness (QED) is 0.670. The number of fused-ring (bicyclic) bond motifs is 3. The number of carbonyl (C=O) groups is 1. The van der Waals surface area contributed by atoms with Gasteiger partial charge in [0.05, 0.1) is 12.6 Å². The van der Waals surface area contributed by atoms with Crippen molar-refractivity contribution in [1.29, 1.82) is 0 Å². The van der Waals surface area contributed by atoms with Crippen LogP contribution < -0.4 is 4.74 Å². The summed E-state index contributed by atoms with van der Waals surface area (Å²) in [7, 11) is 3.62. The molecule has 0 fully saturated rings. The Bertz CT molecular complexity index is 847. The molecule has 3 rings (SSSR count). The van der Waals surface area contributed by atoms with Gasteiger partial charge in [-0.1, -0.05) is 0 Å². The van der Waals surface area contributed by atoms with Gasteiger partial charge in [0, 0.05) is 24.7 Å². The highest BCUT2D eigenvalue weighted by molar-refractivity contribution is 6.10. The van der Waals surface area contributed by atoms with Crippen molar-refractivity contribution in [2.75, 3.05) is 7.11 Å². The third-order valence-corrected chi connectivity index (χ3v) is 3.71. The number of hydrogen-bond donors (Lipinski definition) is 0. The van der Waals surface area contributed by atoms with Crippen LogP contribution in [-0.2, 0) is 7.05 Å². The number of methoxy groups -OCH3 is 1. The first-order valence-electron chi connectivity index (χ1n) is 6.47. The van der Waals surface area contributed by atoms with Gasteiger partial charge in [-0.05, 0) is 36.8 Å². The maximum absolute atomic E-state index is 11.6. The molecule has 102 valence electrons. The van der Waals surface area contributed by atoms with Gasteiger partial charge in [0.25, 0.3) is 0 Å². The molecule has 3 aromatic rings. The summed E-state index contributed by atoms with van der Waals surface area (Å²) in [4.78, 5) is 16.1. The zero-order valence-corrected chi connectivity index (χ0v) is 12.0. The number of hydrogen-bond acceptors (Lipinski definition) is 3. The Hall–Kier alpha value is -2.36. The predicted molar refractivity (Wildman–Crippen MR) is 79.5 cm³/mol. The number of aryl methyl sites for hydroxylation is 2. The summed E-state index contributed by atoms with van der Waals surface area (Å²) in [6, 6.07) is 7.81. The molecule has 2 aromatic heterocycles. The van der Waals surface area contributed by atoms with Crippen molar-refractivity contribution in [2.45, 2.75) is 13.8 Å². The first-order valence-corrected chi connectivity index (χ1v) is 6.47. The molecule has 0 unspecified atom stereocenters. The minimum Gasteiger partial charge on any atom is -0.497 e. The van der Waals surface area contributed by atoms with Gasteiger partial charge in [-0.3, -0.25) is 4.79 Å². The van der Waals surface area contributed by atoms with Crippen molar-refractivity contribution in [1.82, 2.24) is 9.55 Å². The first kappa shape index (κ1) is 12.7. The van der Waals surface area contributed by atoms with Crippen molar-refractivity contribution in [3.05, 3.63) is 35.5 Å². The van der Waals surface area contributed by atoms with E-state index in [1.165, 1.54) is 0 Å². The minimum atomic E-state index is -0.0159. The monoisotopic (exact) mass is 268 g/mol. The van der Waals surface area contributed by atoms with Crippen LogP contribution in [0.15, 0.2) is 24.3 Å². The topological polar surface area (TPSA) is 44.1 Å². The van der Waals surface area contributed by atoms with Crippen molar-refractivity contribution in [3.8, 4) is 5.75 Å². The van der Waals surface area contributed by atoms with Crippen LogP contribution in [0.3, 0.4) is 0 Å². The molecular formula is C16H16N2O2. The lowest BCUT2D eigenvalue weighted by atomic mass is 10.1. The molecule has 0 saturated heterocycles. The van der Waals surface area contributed by atoms with Gasteiger partial charge in [0.2, 0.25) is 0 Å². The predicted octanol–water partition coefficient (Wildman–Crippen LogP) is 3.25. The van der Waals surface area contributed by atoms with Crippen molar-refractivity contribution < 1.29 is 9.53 Å². The van der Waals surface area contributed by atoms with Crippen LogP contribution >= 0.6 is 0 Å². The second kappa shape index (κ2) is 4.34. The summed E-state index contributed by atoms with van der Waals surface area (Å²) < 4.78 is 7.32. The molecule has 0 saturated carbocycles. The average Bonchev–Trinajstić information content (AvgIpc) is 2.72. The molecule has 0 atom stereocenters. The second-order valence-corrected chi connectivity index (χ2v) is 5.02. The normalized spacial score (nSPS) is 11.2. The number of ether oxygens (including phenoxy) is 1.